The third-order valence-corrected chi connectivity index (χ3v) is 5.41. The second-order valence-electron chi connectivity index (χ2n) is 6.99. The highest BCUT2D eigenvalue weighted by molar-refractivity contribution is 7.09. The summed E-state index contributed by atoms with van der Waals surface area (Å²) < 4.78 is 2.14. The average Bonchev–Trinajstić information content (AvgIpc) is 3.31. The van der Waals surface area contributed by atoms with Gasteiger partial charge in [0.25, 0.3) is 0 Å². The third-order valence-electron chi connectivity index (χ3n) is 4.37. The molecule has 0 aliphatic rings. The number of aromatic nitrogens is 3. The fourth-order valence-electron chi connectivity index (χ4n) is 3.00. The Kier molecular flexibility index (Phi) is 6.81. The number of thiazole rings is 1. The number of imidazole rings is 1. The Bertz CT molecular complexity index is 915. The van der Waals surface area contributed by atoms with Gasteiger partial charge in [-0.1, -0.05) is 32.9 Å². The number of carbonyl (C=O) groups is 1. The highest BCUT2D eigenvalue weighted by Gasteiger charge is 2.08. The molecule has 0 aliphatic heterocycles. The van der Waals surface area contributed by atoms with E-state index in [1.807, 2.05) is 30.6 Å². The molecule has 0 fully saturated rings. The number of anilines is 1. The van der Waals surface area contributed by atoms with Gasteiger partial charge in [0.05, 0.1) is 10.7 Å². The second kappa shape index (κ2) is 9.50. The molecular formula is C21H27N5OS. The highest BCUT2D eigenvalue weighted by Crippen LogP contribution is 2.16. The number of hydrogen-bond acceptors (Lipinski definition) is 4. The van der Waals surface area contributed by atoms with Crippen LogP contribution in [0.3, 0.4) is 0 Å². The van der Waals surface area contributed by atoms with Gasteiger partial charge in [0.15, 0.2) is 0 Å². The van der Waals surface area contributed by atoms with Crippen molar-refractivity contribution in [3.63, 3.8) is 0 Å². The summed E-state index contributed by atoms with van der Waals surface area (Å²) >= 11 is 1.67. The zero-order valence-electron chi connectivity index (χ0n) is 16.6. The maximum absolute atomic E-state index is 12.2. The standard InChI is InChI=1S/C21H27N5OS/c1-4-19-24-18(14-28-19)8-9-23-21(27)25-17-7-5-6-16(12-17)13-26-11-10-22-20(26)15(2)3/h5-7,10-12,14-15H,4,8-9,13H2,1-3H3,(H2,23,25,27). The van der Waals surface area contributed by atoms with E-state index in [4.69, 9.17) is 0 Å². The molecular weight excluding hydrogens is 370 g/mol. The van der Waals surface area contributed by atoms with Gasteiger partial charge in [-0.2, -0.15) is 0 Å². The average molecular weight is 398 g/mol. The van der Waals surface area contributed by atoms with E-state index in [2.05, 4.69) is 57.4 Å². The molecule has 0 saturated heterocycles. The zero-order chi connectivity index (χ0) is 19.9. The van der Waals surface area contributed by atoms with E-state index in [1.54, 1.807) is 11.3 Å². The molecule has 2 N–H and O–H groups in total. The van der Waals surface area contributed by atoms with E-state index in [1.165, 1.54) is 0 Å². The lowest BCUT2D eigenvalue weighted by atomic mass is 10.1. The number of aryl methyl sites for hydroxylation is 1. The molecule has 0 radical (unpaired) electrons. The number of rotatable bonds is 8. The SMILES string of the molecule is CCc1nc(CCNC(=O)Nc2cccc(Cn3ccnc3C(C)C)c2)cs1. The van der Waals surface area contributed by atoms with Gasteiger partial charge in [-0.3, -0.25) is 0 Å². The Labute approximate surface area is 170 Å². The van der Waals surface area contributed by atoms with Crippen molar-refractivity contribution in [2.75, 3.05) is 11.9 Å². The number of nitrogens with zero attached hydrogens (tertiary/aromatic N) is 3. The largest absolute Gasteiger partial charge is 0.337 e. The van der Waals surface area contributed by atoms with Crippen molar-refractivity contribution in [1.29, 1.82) is 0 Å². The number of urea groups is 1. The summed E-state index contributed by atoms with van der Waals surface area (Å²) in [4.78, 5) is 21.1. The Balaban J connectivity index is 1.52. The van der Waals surface area contributed by atoms with Crippen molar-refractivity contribution in [2.24, 2.45) is 0 Å². The van der Waals surface area contributed by atoms with Crippen LogP contribution >= 0.6 is 11.3 Å². The van der Waals surface area contributed by atoms with E-state index >= 15 is 0 Å². The molecule has 0 saturated carbocycles. The highest BCUT2D eigenvalue weighted by atomic mass is 32.1. The van der Waals surface area contributed by atoms with Crippen molar-refractivity contribution in [2.45, 2.75) is 46.1 Å². The molecule has 0 bridgehead atoms. The maximum atomic E-state index is 12.2. The first-order valence-corrected chi connectivity index (χ1v) is 10.5. The minimum Gasteiger partial charge on any atom is -0.337 e. The van der Waals surface area contributed by atoms with Gasteiger partial charge in [-0.05, 0) is 24.1 Å². The van der Waals surface area contributed by atoms with Crippen molar-refractivity contribution in [3.05, 3.63) is 64.1 Å². The zero-order valence-corrected chi connectivity index (χ0v) is 17.4. The summed E-state index contributed by atoms with van der Waals surface area (Å²) in [5, 5.41) is 9.00. The minimum absolute atomic E-state index is 0.200. The number of nitrogens with one attached hydrogen (secondary N) is 2. The first kappa shape index (κ1) is 20.1. The predicted octanol–water partition coefficient (Wildman–Crippen LogP) is 4.44. The fraction of sp³-hybridized carbons (Fsp3) is 0.381. The number of benzene rings is 1. The minimum atomic E-state index is -0.200. The van der Waals surface area contributed by atoms with Gasteiger partial charge >= 0.3 is 6.03 Å². The van der Waals surface area contributed by atoms with Gasteiger partial charge in [-0.15, -0.1) is 11.3 Å². The lowest BCUT2D eigenvalue weighted by Crippen LogP contribution is -2.30. The molecule has 0 atom stereocenters. The molecule has 2 aromatic heterocycles. The Morgan fingerprint density at radius 3 is 2.93 bits per heavy atom. The first-order valence-electron chi connectivity index (χ1n) is 9.63. The van der Waals surface area contributed by atoms with Crippen LogP contribution in [-0.2, 0) is 19.4 Å². The lowest BCUT2D eigenvalue weighted by molar-refractivity contribution is 0.252. The fourth-order valence-corrected chi connectivity index (χ4v) is 3.78. The molecule has 148 valence electrons. The van der Waals surface area contributed by atoms with Gasteiger partial charge < -0.3 is 15.2 Å². The maximum Gasteiger partial charge on any atom is 0.319 e. The van der Waals surface area contributed by atoms with Gasteiger partial charge in [-0.25, -0.2) is 14.8 Å². The number of carbonyl (C=O) groups excluding carboxylic acids is 1. The van der Waals surface area contributed by atoms with Crippen LogP contribution in [0.4, 0.5) is 10.5 Å². The van der Waals surface area contributed by atoms with E-state index in [0.29, 0.717) is 12.5 Å². The van der Waals surface area contributed by atoms with Gasteiger partial charge in [0.1, 0.15) is 5.82 Å². The number of amides is 2. The van der Waals surface area contributed by atoms with Crippen LogP contribution in [0.2, 0.25) is 0 Å². The Morgan fingerprint density at radius 2 is 2.18 bits per heavy atom. The predicted molar refractivity (Wildman–Crippen MR) is 114 cm³/mol. The van der Waals surface area contributed by atoms with Crippen molar-refractivity contribution in [3.8, 4) is 0 Å². The molecule has 7 heteroatoms. The monoisotopic (exact) mass is 397 g/mol. The summed E-state index contributed by atoms with van der Waals surface area (Å²) in [5.74, 6) is 1.43. The van der Waals surface area contributed by atoms with Crippen LogP contribution in [-0.4, -0.2) is 27.1 Å². The normalized spacial score (nSPS) is 11.0. The molecule has 6 nitrogen and oxygen atoms in total. The van der Waals surface area contributed by atoms with Crippen LogP contribution < -0.4 is 10.6 Å². The van der Waals surface area contributed by atoms with Crippen LogP contribution in [0.25, 0.3) is 0 Å². The van der Waals surface area contributed by atoms with Crippen LogP contribution in [0.5, 0.6) is 0 Å². The second-order valence-corrected chi connectivity index (χ2v) is 7.93. The van der Waals surface area contributed by atoms with E-state index < -0.39 is 0 Å². The summed E-state index contributed by atoms with van der Waals surface area (Å²) in [6.45, 7) is 7.66. The first-order chi connectivity index (χ1) is 13.5. The van der Waals surface area contributed by atoms with Crippen LogP contribution in [0.15, 0.2) is 42.0 Å². The van der Waals surface area contributed by atoms with E-state index in [0.717, 1.165) is 47.2 Å². The van der Waals surface area contributed by atoms with E-state index in [-0.39, 0.29) is 6.03 Å². The van der Waals surface area contributed by atoms with Crippen molar-refractivity contribution in [1.82, 2.24) is 19.9 Å². The molecule has 28 heavy (non-hydrogen) atoms. The Morgan fingerprint density at radius 1 is 1.32 bits per heavy atom. The summed E-state index contributed by atoms with van der Waals surface area (Å²) in [5.41, 5.74) is 2.93. The molecule has 2 amide bonds. The molecule has 0 spiro atoms. The van der Waals surface area contributed by atoms with Crippen LogP contribution in [0, 0.1) is 0 Å². The van der Waals surface area contributed by atoms with Crippen molar-refractivity contribution >= 4 is 23.1 Å². The smallest absolute Gasteiger partial charge is 0.319 e. The quantitative estimate of drug-likeness (QED) is 0.590. The molecule has 0 unspecified atom stereocenters. The summed E-state index contributed by atoms with van der Waals surface area (Å²) in [6, 6.07) is 7.71. The van der Waals surface area contributed by atoms with E-state index in [9.17, 15) is 4.79 Å². The summed E-state index contributed by atoms with van der Waals surface area (Å²) in [6.07, 6.45) is 5.51. The van der Waals surface area contributed by atoms with Crippen LogP contribution in [0.1, 0.15) is 48.8 Å². The van der Waals surface area contributed by atoms with Gasteiger partial charge in [0, 0.05) is 48.9 Å². The molecule has 0 aliphatic carbocycles. The molecule has 1 aromatic carbocycles. The third kappa shape index (κ3) is 5.42. The summed E-state index contributed by atoms with van der Waals surface area (Å²) in [7, 11) is 0. The van der Waals surface area contributed by atoms with Gasteiger partial charge in [0.2, 0.25) is 0 Å². The molecule has 3 rings (SSSR count). The molecule has 3 aromatic rings. The lowest BCUT2D eigenvalue weighted by Gasteiger charge is -2.12. The Hall–Kier alpha value is -2.67. The molecule has 2 heterocycles. The van der Waals surface area contributed by atoms with Crippen molar-refractivity contribution < 1.29 is 4.79 Å². The topological polar surface area (TPSA) is 71.8 Å². The number of hydrogen-bond donors (Lipinski definition) is 2.